The Balaban J connectivity index is 0.000000437. The van der Waals surface area contributed by atoms with Crippen LogP contribution in [0.2, 0.25) is 0 Å². The van der Waals surface area contributed by atoms with Crippen LogP contribution in [0.1, 0.15) is 27.2 Å². The second kappa shape index (κ2) is 8.20. The number of rotatable bonds is 4. The third kappa shape index (κ3) is 7.89. The maximum atomic E-state index is 9.94. The summed E-state index contributed by atoms with van der Waals surface area (Å²) in [5, 5.41) is 11.9. The van der Waals surface area contributed by atoms with E-state index in [1.54, 1.807) is 0 Å². The summed E-state index contributed by atoms with van der Waals surface area (Å²) in [6.45, 7) is 6.64. The highest BCUT2D eigenvalue weighted by Gasteiger charge is 1.97. The maximum absolute atomic E-state index is 9.94. The molecule has 0 aliphatic heterocycles. The van der Waals surface area contributed by atoms with Gasteiger partial charge in [-0.05, 0) is 35.4 Å². The zero-order valence-electron chi connectivity index (χ0n) is 10.2. The normalized spacial score (nSPS) is 9.18. The summed E-state index contributed by atoms with van der Waals surface area (Å²) >= 11 is 0. The van der Waals surface area contributed by atoms with Crippen LogP contribution >= 0.6 is 0 Å². The summed E-state index contributed by atoms with van der Waals surface area (Å²) in [4.78, 5) is 19.9. The van der Waals surface area contributed by atoms with Crippen LogP contribution in [0, 0.1) is 20.9 Å². The summed E-state index contributed by atoms with van der Waals surface area (Å²) in [6.07, 6.45) is 1.31. The van der Waals surface area contributed by atoms with Crippen LogP contribution in [0.15, 0.2) is 29.4 Å². The van der Waals surface area contributed by atoms with E-state index in [1.807, 2.05) is 5.43 Å². The number of hydrogen-bond donors (Lipinski definition) is 1. The summed E-state index contributed by atoms with van der Waals surface area (Å²) in [5.41, 5.74) is 2.49. The van der Waals surface area contributed by atoms with E-state index in [-0.39, 0.29) is 5.69 Å². The zero-order valence-corrected chi connectivity index (χ0v) is 10.2. The van der Waals surface area contributed by atoms with Gasteiger partial charge in [-0.2, -0.15) is 0 Å². The van der Waals surface area contributed by atoms with Crippen molar-refractivity contribution in [3.8, 4) is 0 Å². The average Bonchev–Trinajstić information content (AvgIpc) is 2.30. The predicted octanol–water partition coefficient (Wildman–Crippen LogP) is 3.74. The molecule has 94 valence electrons. The van der Waals surface area contributed by atoms with Crippen LogP contribution in [0.3, 0.4) is 0 Å². The van der Waals surface area contributed by atoms with Gasteiger partial charge < -0.3 is 0 Å². The number of benzene rings is 1. The van der Waals surface area contributed by atoms with E-state index in [1.165, 1.54) is 30.7 Å². The molecule has 0 aliphatic rings. The molecule has 6 nitrogen and oxygen atoms in total. The monoisotopic (exact) mass is 239 g/mol. The highest BCUT2D eigenvalue weighted by molar-refractivity contribution is 5.49. The van der Waals surface area contributed by atoms with Crippen molar-refractivity contribution in [2.24, 2.45) is 11.1 Å². The molecule has 0 aromatic heterocycles. The van der Waals surface area contributed by atoms with E-state index in [4.69, 9.17) is 0 Å². The Kier molecular flexibility index (Phi) is 7.25. The first kappa shape index (κ1) is 15.0. The molecule has 0 unspecified atom stereocenters. The van der Waals surface area contributed by atoms with Gasteiger partial charge in [0.2, 0.25) is 0 Å². The van der Waals surface area contributed by atoms with Gasteiger partial charge in [-0.3, -0.25) is 0 Å². The van der Waals surface area contributed by atoms with Crippen LogP contribution in [-0.4, -0.2) is 5.03 Å². The van der Waals surface area contributed by atoms with Crippen molar-refractivity contribution in [3.05, 3.63) is 39.3 Å². The second-order valence-electron chi connectivity index (χ2n) is 3.81. The molecular formula is C11H17N3O3. The molecule has 0 amide bonds. The van der Waals surface area contributed by atoms with E-state index in [0.717, 1.165) is 5.92 Å². The van der Waals surface area contributed by atoms with Crippen LogP contribution in [0.25, 0.3) is 0 Å². The Morgan fingerprint density at radius 1 is 1.35 bits per heavy atom. The smallest absolute Gasteiger partial charge is 0.162 e. The molecule has 6 heteroatoms. The van der Waals surface area contributed by atoms with Crippen LogP contribution in [-0.2, 0) is 0 Å². The summed E-state index contributed by atoms with van der Waals surface area (Å²) in [5.74, 6) is 0.884. The fourth-order valence-corrected chi connectivity index (χ4v) is 0.702. The van der Waals surface area contributed by atoms with Crippen molar-refractivity contribution in [1.29, 1.82) is 0 Å². The molecule has 0 saturated carbocycles. The Morgan fingerprint density at radius 3 is 2.12 bits per heavy atom. The van der Waals surface area contributed by atoms with Gasteiger partial charge in [-0.1, -0.05) is 27.2 Å². The van der Waals surface area contributed by atoms with Crippen molar-refractivity contribution in [2.75, 3.05) is 5.43 Å². The largest absolute Gasteiger partial charge is 0.235 e. The average molecular weight is 239 g/mol. The van der Waals surface area contributed by atoms with Gasteiger partial charge in [-0.25, -0.2) is 10.1 Å². The van der Waals surface area contributed by atoms with Gasteiger partial charge in [0.15, 0.2) is 5.03 Å². The fourth-order valence-electron chi connectivity index (χ4n) is 0.702. The van der Waals surface area contributed by atoms with Gasteiger partial charge in [0.25, 0.3) is 0 Å². The molecule has 0 spiro atoms. The molecule has 0 fully saturated rings. The van der Waals surface area contributed by atoms with Crippen molar-refractivity contribution >= 4 is 11.4 Å². The van der Waals surface area contributed by atoms with Crippen molar-refractivity contribution in [2.45, 2.75) is 27.2 Å². The Bertz CT molecular complexity index is 349. The minimum atomic E-state index is -0.677. The van der Waals surface area contributed by atoms with Crippen LogP contribution in [0.4, 0.5) is 11.4 Å². The van der Waals surface area contributed by atoms with Gasteiger partial charge in [0, 0.05) is 0 Å². The predicted molar refractivity (Wildman–Crippen MR) is 67.6 cm³/mol. The quantitative estimate of drug-likeness (QED) is 0.492. The molecule has 0 heterocycles. The SMILES string of the molecule is CCC(C)C.O=Nc1ccc(N[N+](=O)[O-])cc1. The standard InChI is InChI=1S/C6H5N3O3.C5H12/c10-8-6-3-1-5(2-4-6)7-9(11)12;1-4-5(2)3/h1-4,7H;5H,4H2,1-3H3. The molecule has 1 aromatic rings. The lowest BCUT2D eigenvalue weighted by Gasteiger charge is -1.94. The zero-order chi connectivity index (χ0) is 13.3. The first-order valence-electron chi connectivity index (χ1n) is 5.34. The number of nitro groups is 1. The molecule has 0 radical (unpaired) electrons. The van der Waals surface area contributed by atoms with Crippen molar-refractivity contribution in [3.63, 3.8) is 0 Å². The van der Waals surface area contributed by atoms with Crippen LogP contribution in [0.5, 0.6) is 0 Å². The molecular weight excluding hydrogens is 222 g/mol. The van der Waals surface area contributed by atoms with Gasteiger partial charge in [0.05, 0.1) is 0 Å². The Labute approximate surface area is 100 Å². The first-order chi connectivity index (χ1) is 7.99. The van der Waals surface area contributed by atoms with Crippen molar-refractivity contribution in [1.82, 2.24) is 0 Å². The number of hydrogen-bond acceptors (Lipinski definition) is 4. The van der Waals surface area contributed by atoms with E-state index in [2.05, 4.69) is 25.9 Å². The summed E-state index contributed by atoms with van der Waals surface area (Å²) < 4.78 is 0. The Hall–Kier alpha value is -1.98. The van der Waals surface area contributed by atoms with Gasteiger partial charge in [0.1, 0.15) is 11.4 Å². The third-order valence-electron chi connectivity index (χ3n) is 2.01. The molecule has 0 bridgehead atoms. The number of anilines is 1. The van der Waals surface area contributed by atoms with Crippen LogP contribution < -0.4 is 5.43 Å². The maximum Gasteiger partial charge on any atom is 0.162 e. The van der Waals surface area contributed by atoms with E-state index < -0.39 is 5.03 Å². The highest BCUT2D eigenvalue weighted by Crippen LogP contribution is 2.15. The lowest BCUT2D eigenvalue weighted by Crippen LogP contribution is -2.07. The molecule has 0 atom stereocenters. The first-order valence-corrected chi connectivity index (χ1v) is 5.34. The van der Waals surface area contributed by atoms with Gasteiger partial charge >= 0.3 is 0 Å². The van der Waals surface area contributed by atoms with Gasteiger partial charge in [-0.15, -0.1) is 10.3 Å². The highest BCUT2D eigenvalue weighted by atomic mass is 16.7. The molecule has 17 heavy (non-hydrogen) atoms. The molecule has 1 N–H and O–H groups in total. The Morgan fingerprint density at radius 2 is 1.82 bits per heavy atom. The molecule has 1 rings (SSSR count). The molecule has 0 aliphatic carbocycles. The molecule has 1 aromatic carbocycles. The minimum absolute atomic E-state index is 0.240. The third-order valence-corrected chi connectivity index (χ3v) is 2.01. The number of hydrazine groups is 1. The lowest BCUT2D eigenvalue weighted by atomic mass is 10.2. The molecule has 0 saturated heterocycles. The van der Waals surface area contributed by atoms with E-state index >= 15 is 0 Å². The van der Waals surface area contributed by atoms with Crippen molar-refractivity contribution < 1.29 is 5.03 Å². The number of nitrogens with one attached hydrogen (secondary N) is 1. The van der Waals surface area contributed by atoms with E-state index in [0.29, 0.717) is 5.69 Å². The number of nitrogens with zero attached hydrogens (tertiary/aromatic N) is 2. The lowest BCUT2D eigenvalue weighted by molar-refractivity contribution is -0.445. The number of nitroso groups, excluding NO2 is 1. The summed E-state index contributed by atoms with van der Waals surface area (Å²) in [6, 6.07) is 5.58. The second-order valence-corrected chi connectivity index (χ2v) is 3.81. The topological polar surface area (TPSA) is 84.6 Å². The summed E-state index contributed by atoms with van der Waals surface area (Å²) in [7, 11) is 0. The van der Waals surface area contributed by atoms with E-state index in [9.17, 15) is 15.0 Å². The minimum Gasteiger partial charge on any atom is -0.235 e. The fraction of sp³-hybridized carbons (Fsp3) is 0.455.